The Balaban J connectivity index is 1.29. The van der Waals surface area contributed by atoms with E-state index in [1.165, 1.54) is 33.0 Å². The first-order chi connectivity index (χ1) is 21.8. The molecule has 206 valence electrons. The van der Waals surface area contributed by atoms with E-state index < -0.39 is 0 Å². The van der Waals surface area contributed by atoms with Crippen LogP contribution >= 0.6 is 0 Å². The molecular formula is C40H26N4. The maximum atomic E-state index is 4.91. The maximum Gasteiger partial charge on any atom is 0.145 e. The van der Waals surface area contributed by atoms with E-state index in [1.54, 1.807) is 0 Å². The Bertz CT molecular complexity index is 2280. The Labute approximate surface area is 254 Å². The van der Waals surface area contributed by atoms with E-state index in [0.717, 1.165) is 44.5 Å². The van der Waals surface area contributed by atoms with Crippen molar-refractivity contribution in [2.24, 2.45) is 0 Å². The molecule has 0 radical (unpaired) electrons. The second-order valence-electron chi connectivity index (χ2n) is 11.1. The zero-order chi connectivity index (χ0) is 29.0. The third kappa shape index (κ3) is 3.71. The lowest BCUT2D eigenvalue weighted by Crippen LogP contribution is -1.96. The van der Waals surface area contributed by atoms with Crippen LogP contribution in [0.15, 0.2) is 158 Å². The average molecular weight is 563 g/mol. The Morgan fingerprint density at radius 3 is 1.14 bits per heavy atom. The van der Waals surface area contributed by atoms with Crippen molar-refractivity contribution in [2.45, 2.75) is 0 Å². The van der Waals surface area contributed by atoms with E-state index in [0.29, 0.717) is 0 Å². The lowest BCUT2D eigenvalue weighted by Gasteiger charge is -2.10. The van der Waals surface area contributed by atoms with Crippen molar-refractivity contribution in [2.75, 3.05) is 0 Å². The number of hydrogen-bond donors (Lipinski definition) is 0. The zero-order valence-corrected chi connectivity index (χ0v) is 23.8. The molecule has 4 nitrogen and oxygen atoms in total. The summed E-state index contributed by atoms with van der Waals surface area (Å²) in [5, 5.41) is 4.64. The summed E-state index contributed by atoms with van der Waals surface area (Å²) >= 11 is 0. The predicted octanol–water partition coefficient (Wildman–Crippen LogP) is 10.0. The molecule has 0 saturated carbocycles. The summed E-state index contributed by atoms with van der Waals surface area (Å²) in [6, 6.07) is 51.4. The molecule has 0 saturated heterocycles. The van der Waals surface area contributed by atoms with Crippen molar-refractivity contribution in [3.8, 4) is 33.6 Å². The lowest BCUT2D eigenvalue weighted by molar-refractivity contribution is 1.13. The van der Waals surface area contributed by atoms with E-state index in [-0.39, 0.29) is 0 Å². The molecule has 0 N–H and O–H groups in total. The van der Waals surface area contributed by atoms with Gasteiger partial charge in [0.1, 0.15) is 11.3 Å². The average Bonchev–Trinajstić information content (AvgIpc) is 3.62. The maximum absolute atomic E-state index is 4.91. The van der Waals surface area contributed by atoms with Gasteiger partial charge in [0, 0.05) is 45.3 Å². The molecule has 0 bridgehead atoms. The predicted molar refractivity (Wildman–Crippen MR) is 182 cm³/mol. The van der Waals surface area contributed by atoms with Gasteiger partial charge in [-0.05, 0) is 82.9 Å². The number of pyridine rings is 2. The molecule has 4 heteroatoms. The van der Waals surface area contributed by atoms with Gasteiger partial charge in [0.25, 0.3) is 0 Å². The van der Waals surface area contributed by atoms with Crippen molar-refractivity contribution in [1.82, 2.24) is 19.1 Å². The second-order valence-corrected chi connectivity index (χ2v) is 11.1. The van der Waals surface area contributed by atoms with Gasteiger partial charge < -0.3 is 0 Å². The Kier molecular flexibility index (Phi) is 5.47. The van der Waals surface area contributed by atoms with Crippen LogP contribution < -0.4 is 0 Å². The fourth-order valence-corrected chi connectivity index (χ4v) is 6.66. The molecule has 9 rings (SSSR count). The molecule has 0 spiro atoms. The number of rotatable bonds is 4. The summed E-state index contributed by atoms with van der Waals surface area (Å²) in [5.74, 6) is 0. The van der Waals surface area contributed by atoms with E-state index in [4.69, 9.17) is 9.97 Å². The van der Waals surface area contributed by atoms with Crippen LogP contribution in [0.25, 0.3) is 77.5 Å². The lowest BCUT2D eigenvalue weighted by atomic mass is 10.1. The minimum atomic E-state index is 0.944. The molecule has 0 aliphatic carbocycles. The number of benzene rings is 5. The van der Waals surface area contributed by atoms with Gasteiger partial charge in [-0.3, -0.25) is 9.13 Å². The van der Waals surface area contributed by atoms with Crippen LogP contribution in [-0.4, -0.2) is 19.1 Å². The largest absolute Gasteiger partial charge is 0.294 e. The number of fused-ring (bicyclic) bond motifs is 7. The molecule has 0 amide bonds. The summed E-state index contributed by atoms with van der Waals surface area (Å²) in [5.41, 5.74) is 11.1. The summed E-state index contributed by atoms with van der Waals surface area (Å²) in [4.78, 5) is 9.81. The quantitative estimate of drug-likeness (QED) is 0.214. The normalized spacial score (nSPS) is 11.6. The first-order valence-electron chi connectivity index (χ1n) is 14.8. The molecule has 0 fully saturated rings. The van der Waals surface area contributed by atoms with Crippen LogP contribution in [-0.2, 0) is 0 Å². The van der Waals surface area contributed by atoms with Crippen LogP contribution in [0.4, 0.5) is 0 Å². The molecule has 5 aromatic carbocycles. The molecule has 44 heavy (non-hydrogen) atoms. The SMILES string of the molecule is c1ccc(-c2ccc(-n3c4ccc5c(c6cccnc6n5-c5ccc(-c6ccccc6)cc5)c4c4cccnc43)cc2)cc1. The first-order valence-corrected chi connectivity index (χ1v) is 14.8. The topological polar surface area (TPSA) is 35.6 Å². The summed E-state index contributed by atoms with van der Waals surface area (Å²) in [6.07, 6.45) is 3.76. The fraction of sp³-hybridized carbons (Fsp3) is 0. The van der Waals surface area contributed by atoms with Gasteiger partial charge in [0.15, 0.2) is 0 Å². The summed E-state index contributed by atoms with van der Waals surface area (Å²) in [6.45, 7) is 0. The van der Waals surface area contributed by atoms with Crippen molar-refractivity contribution in [3.05, 3.63) is 158 Å². The minimum absolute atomic E-state index is 0.944. The van der Waals surface area contributed by atoms with Crippen molar-refractivity contribution in [1.29, 1.82) is 0 Å². The van der Waals surface area contributed by atoms with Crippen LogP contribution in [0.5, 0.6) is 0 Å². The summed E-state index contributed by atoms with van der Waals surface area (Å²) < 4.78 is 4.57. The molecule has 0 aliphatic rings. The molecule has 4 heterocycles. The van der Waals surface area contributed by atoms with Gasteiger partial charge in [0.2, 0.25) is 0 Å². The first kappa shape index (κ1) is 24.6. The van der Waals surface area contributed by atoms with Crippen molar-refractivity contribution < 1.29 is 0 Å². The summed E-state index contributed by atoms with van der Waals surface area (Å²) in [7, 11) is 0. The highest BCUT2D eigenvalue weighted by Gasteiger charge is 2.21. The third-order valence-electron chi connectivity index (χ3n) is 8.64. The molecule has 0 aliphatic heterocycles. The second kappa shape index (κ2) is 9.79. The van der Waals surface area contributed by atoms with E-state index in [9.17, 15) is 0 Å². The third-order valence-corrected chi connectivity index (χ3v) is 8.64. The van der Waals surface area contributed by atoms with Gasteiger partial charge in [-0.1, -0.05) is 84.9 Å². The van der Waals surface area contributed by atoms with Crippen LogP contribution in [0.2, 0.25) is 0 Å². The minimum Gasteiger partial charge on any atom is -0.294 e. The molecule has 9 aromatic rings. The monoisotopic (exact) mass is 562 g/mol. The molecule has 0 atom stereocenters. The number of nitrogens with zero attached hydrogens (tertiary/aromatic N) is 4. The molecular weight excluding hydrogens is 536 g/mol. The highest BCUT2D eigenvalue weighted by molar-refractivity contribution is 6.28. The van der Waals surface area contributed by atoms with Crippen molar-refractivity contribution in [3.63, 3.8) is 0 Å². The van der Waals surface area contributed by atoms with Gasteiger partial charge in [-0.25, -0.2) is 9.97 Å². The van der Waals surface area contributed by atoms with Gasteiger partial charge in [-0.2, -0.15) is 0 Å². The van der Waals surface area contributed by atoms with Crippen molar-refractivity contribution >= 4 is 43.9 Å². The van der Waals surface area contributed by atoms with Gasteiger partial charge in [0.05, 0.1) is 11.0 Å². The van der Waals surface area contributed by atoms with Crippen LogP contribution in [0, 0.1) is 0 Å². The van der Waals surface area contributed by atoms with E-state index in [2.05, 4.69) is 143 Å². The Hall–Kier alpha value is -6.00. The van der Waals surface area contributed by atoms with Gasteiger partial charge in [-0.15, -0.1) is 0 Å². The zero-order valence-electron chi connectivity index (χ0n) is 23.8. The molecule has 4 aromatic heterocycles. The smallest absolute Gasteiger partial charge is 0.145 e. The highest BCUT2D eigenvalue weighted by Crippen LogP contribution is 2.41. The van der Waals surface area contributed by atoms with Gasteiger partial charge >= 0.3 is 0 Å². The number of aromatic nitrogens is 4. The number of hydrogen-bond acceptors (Lipinski definition) is 2. The van der Waals surface area contributed by atoms with Crippen LogP contribution in [0.1, 0.15) is 0 Å². The standard InChI is InChI=1S/C40H26N4/c1-3-9-27(10-4-1)29-15-19-31(20-16-29)43-35-23-24-36-38(37(35)33-13-7-25-41-39(33)43)34-14-8-26-42-40(34)44(36)32-21-17-30(18-22-32)28-11-5-2-6-12-28/h1-26H. The van der Waals surface area contributed by atoms with E-state index in [1.807, 2.05) is 24.5 Å². The van der Waals surface area contributed by atoms with Crippen LogP contribution in [0.3, 0.4) is 0 Å². The fourth-order valence-electron chi connectivity index (χ4n) is 6.66. The molecule has 0 unspecified atom stereocenters. The Morgan fingerprint density at radius 2 is 0.727 bits per heavy atom. The van der Waals surface area contributed by atoms with E-state index >= 15 is 0 Å². The highest BCUT2D eigenvalue weighted by atomic mass is 15.1. The Morgan fingerprint density at radius 1 is 0.341 bits per heavy atom.